The summed E-state index contributed by atoms with van der Waals surface area (Å²) in [5.74, 6) is -0.339. The van der Waals surface area contributed by atoms with E-state index in [0.29, 0.717) is 17.7 Å². The topological polar surface area (TPSA) is 49.4 Å². The van der Waals surface area contributed by atoms with Gasteiger partial charge in [-0.25, -0.2) is 0 Å². The van der Waals surface area contributed by atoms with Gasteiger partial charge in [-0.2, -0.15) is 0 Å². The Morgan fingerprint density at radius 3 is 2.50 bits per heavy atom. The van der Waals surface area contributed by atoms with E-state index in [2.05, 4.69) is 19.2 Å². The normalized spacial score (nSPS) is 13.7. The predicted molar refractivity (Wildman–Crippen MR) is 97.6 cm³/mol. The molecule has 0 saturated heterocycles. The molecule has 4 heteroatoms. The summed E-state index contributed by atoms with van der Waals surface area (Å²) in [5.41, 5.74) is 2.12. The molecule has 0 fully saturated rings. The summed E-state index contributed by atoms with van der Waals surface area (Å²) in [5, 5.41) is 5.12. The van der Waals surface area contributed by atoms with Crippen LogP contribution < -0.4 is 5.32 Å². The molecule has 0 radical (unpaired) electrons. The lowest BCUT2D eigenvalue weighted by Gasteiger charge is -2.28. The molecule has 0 aliphatic carbocycles. The fourth-order valence-electron chi connectivity index (χ4n) is 3.22. The van der Waals surface area contributed by atoms with Gasteiger partial charge in [-0.1, -0.05) is 44.9 Å². The van der Waals surface area contributed by atoms with E-state index < -0.39 is 0 Å². The molecule has 0 aromatic heterocycles. The summed E-state index contributed by atoms with van der Waals surface area (Å²) in [6, 6.07) is 9.62. The molecule has 3 rings (SSSR count). The molecule has 1 N–H and O–H groups in total. The van der Waals surface area contributed by atoms with Crippen molar-refractivity contribution in [3.63, 3.8) is 0 Å². The second kappa shape index (κ2) is 7.04. The number of benzene rings is 2. The van der Waals surface area contributed by atoms with E-state index >= 15 is 0 Å². The molecule has 0 bridgehead atoms. The Kier molecular flexibility index (Phi) is 4.84. The number of amides is 2. The number of anilines is 1. The molecule has 2 aromatic rings. The van der Waals surface area contributed by atoms with Crippen molar-refractivity contribution in [2.45, 2.75) is 39.5 Å². The van der Waals surface area contributed by atoms with Gasteiger partial charge in [-0.3, -0.25) is 14.5 Å². The molecular weight excluding hydrogens is 300 g/mol. The standard InChI is InChI=1S/C20H24N2O2/c1-3-5-12-21-16-11-10-14-8-7-9-15-17(14)18(16)20(24)22(19(15)23)13-6-4-2/h7-11,21H,3-6,12-13H2,1-2H3. The van der Waals surface area contributed by atoms with Crippen molar-refractivity contribution in [1.82, 2.24) is 4.90 Å². The van der Waals surface area contributed by atoms with Gasteiger partial charge in [-0.05, 0) is 30.4 Å². The summed E-state index contributed by atoms with van der Waals surface area (Å²) in [6.45, 7) is 5.51. The number of unbranched alkanes of at least 4 members (excludes halogenated alkanes) is 2. The maximum Gasteiger partial charge on any atom is 0.263 e. The fourth-order valence-corrected chi connectivity index (χ4v) is 3.22. The zero-order chi connectivity index (χ0) is 17.1. The zero-order valence-corrected chi connectivity index (χ0v) is 14.4. The number of rotatable bonds is 7. The Balaban J connectivity index is 2.11. The van der Waals surface area contributed by atoms with Crippen molar-refractivity contribution in [3.05, 3.63) is 41.5 Å². The van der Waals surface area contributed by atoms with Crippen molar-refractivity contribution in [1.29, 1.82) is 0 Å². The van der Waals surface area contributed by atoms with Crippen molar-refractivity contribution in [3.8, 4) is 0 Å². The van der Waals surface area contributed by atoms with Crippen molar-refractivity contribution in [2.24, 2.45) is 0 Å². The van der Waals surface area contributed by atoms with Crippen LogP contribution in [0.4, 0.5) is 5.69 Å². The first-order valence-electron chi connectivity index (χ1n) is 8.84. The lowest BCUT2D eigenvalue weighted by molar-refractivity contribution is 0.0609. The molecule has 0 spiro atoms. The van der Waals surface area contributed by atoms with Crippen LogP contribution in [0.25, 0.3) is 10.8 Å². The summed E-state index contributed by atoms with van der Waals surface area (Å²) in [4.78, 5) is 27.2. The Labute approximate surface area is 142 Å². The van der Waals surface area contributed by atoms with Crippen LogP contribution >= 0.6 is 0 Å². The van der Waals surface area contributed by atoms with Gasteiger partial charge in [0.2, 0.25) is 0 Å². The zero-order valence-electron chi connectivity index (χ0n) is 14.4. The average molecular weight is 324 g/mol. The second-order valence-electron chi connectivity index (χ2n) is 6.29. The lowest BCUT2D eigenvalue weighted by atomic mass is 9.92. The molecule has 0 unspecified atom stereocenters. The number of carbonyl (C=O) groups excluding carboxylic acids is 2. The first-order valence-corrected chi connectivity index (χ1v) is 8.84. The van der Waals surface area contributed by atoms with Gasteiger partial charge in [-0.15, -0.1) is 0 Å². The number of hydrogen-bond donors (Lipinski definition) is 1. The minimum Gasteiger partial charge on any atom is -0.384 e. The van der Waals surface area contributed by atoms with Gasteiger partial charge in [0.05, 0.1) is 5.56 Å². The molecule has 2 amide bonds. The van der Waals surface area contributed by atoms with Crippen LogP contribution in [-0.4, -0.2) is 29.8 Å². The molecule has 126 valence electrons. The van der Waals surface area contributed by atoms with Crippen LogP contribution in [0.3, 0.4) is 0 Å². The van der Waals surface area contributed by atoms with Crippen LogP contribution in [0.1, 0.15) is 60.2 Å². The third-order valence-corrected chi connectivity index (χ3v) is 4.56. The summed E-state index contributed by atoms with van der Waals surface area (Å²) in [6.07, 6.45) is 3.92. The molecule has 1 heterocycles. The average Bonchev–Trinajstić information content (AvgIpc) is 2.60. The SMILES string of the molecule is CCCCNc1ccc2cccc3c2c1C(=O)N(CCCC)C3=O. The predicted octanol–water partition coefficient (Wildman–Crippen LogP) is 4.45. The van der Waals surface area contributed by atoms with Crippen LogP contribution in [0, 0.1) is 0 Å². The maximum atomic E-state index is 13.0. The quantitative estimate of drug-likeness (QED) is 0.605. The molecule has 2 aromatic carbocycles. The van der Waals surface area contributed by atoms with E-state index in [1.807, 2.05) is 30.3 Å². The minimum atomic E-state index is -0.170. The van der Waals surface area contributed by atoms with Gasteiger partial charge < -0.3 is 5.32 Å². The van der Waals surface area contributed by atoms with Crippen LogP contribution in [0.2, 0.25) is 0 Å². The fraction of sp³-hybridized carbons (Fsp3) is 0.400. The van der Waals surface area contributed by atoms with Crippen molar-refractivity contribution < 1.29 is 9.59 Å². The summed E-state index contributed by atoms with van der Waals surface area (Å²) in [7, 11) is 0. The first kappa shape index (κ1) is 16.5. The number of nitrogens with one attached hydrogen (secondary N) is 1. The highest BCUT2D eigenvalue weighted by Gasteiger charge is 2.34. The number of carbonyl (C=O) groups is 2. The highest BCUT2D eigenvalue weighted by atomic mass is 16.2. The molecule has 1 aliphatic heterocycles. The summed E-state index contributed by atoms with van der Waals surface area (Å²) < 4.78 is 0. The molecule has 4 nitrogen and oxygen atoms in total. The number of imide groups is 1. The number of nitrogens with zero attached hydrogens (tertiary/aromatic N) is 1. The highest BCUT2D eigenvalue weighted by molar-refractivity contribution is 6.27. The van der Waals surface area contributed by atoms with Crippen molar-refractivity contribution in [2.75, 3.05) is 18.4 Å². The molecular formula is C20H24N2O2. The van der Waals surface area contributed by atoms with Crippen LogP contribution in [0.5, 0.6) is 0 Å². The molecule has 24 heavy (non-hydrogen) atoms. The monoisotopic (exact) mass is 324 g/mol. The third kappa shape index (κ3) is 2.77. The highest BCUT2D eigenvalue weighted by Crippen LogP contribution is 2.35. The largest absolute Gasteiger partial charge is 0.384 e. The van der Waals surface area contributed by atoms with E-state index in [1.165, 1.54) is 4.90 Å². The van der Waals surface area contributed by atoms with Crippen LogP contribution in [-0.2, 0) is 0 Å². The first-order chi connectivity index (χ1) is 11.7. The number of hydrogen-bond acceptors (Lipinski definition) is 3. The van der Waals surface area contributed by atoms with E-state index in [1.54, 1.807) is 0 Å². The van der Waals surface area contributed by atoms with Crippen LogP contribution in [0.15, 0.2) is 30.3 Å². The van der Waals surface area contributed by atoms with E-state index in [9.17, 15) is 9.59 Å². The van der Waals surface area contributed by atoms with Gasteiger partial charge in [0, 0.05) is 29.7 Å². The van der Waals surface area contributed by atoms with E-state index in [0.717, 1.165) is 48.7 Å². The minimum absolute atomic E-state index is 0.169. The molecule has 0 atom stereocenters. The van der Waals surface area contributed by atoms with Gasteiger partial charge in [0.1, 0.15) is 0 Å². The Bertz CT molecular complexity index is 783. The Morgan fingerprint density at radius 1 is 0.958 bits per heavy atom. The van der Waals surface area contributed by atoms with E-state index in [4.69, 9.17) is 0 Å². The molecule has 1 aliphatic rings. The Hall–Kier alpha value is -2.36. The summed E-state index contributed by atoms with van der Waals surface area (Å²) >= 11 is 0. The molecule has 0 saturated carbocycles. The third-order valence-electron chi connectivity index (χ3n) is 4.56. The Morgan fingerprint density at radius 2 is 1.75 bits per heavy atom. The van der Waals surface area contributed by atoms with Gasteiger partial charge in [0.25, 0.3) is 11.8 Å². The maximum absolute atomic E-state index is 13.0. The smallest absolute Gasteiger partial charge is 0.263 e. The lowest BCUT2D eigenvalue weighted by Crippen LogP contribution is -2.41. The van der Waals surface area contributed by atoms with Gasteiger partial charge in [0.15, 0.2) is 0 Å². The second-order valence-corrected chi connectivity index (χ2v) is 6.29. The van der Waals surface area contributed by atoms with E-state index in [-0.39, 0.29) is 11.8 Å². The van der Waals surface area contributed by atoms with Crippen molar-refractivity contribution >= 4 is 28.3 Å². The van der Waals surface area contributed by atoms with Gasteiger partial charge >= 0.3 is 0 Å².